The van der Waals surface area contributed by atoms with Crippen LogP contribution in [0, 0.1) is 0 Å². The second-order valence-electron chi connectivity index (χ2n) is 7.84. The van der Waals surface area contributed by atoms with Crippen LogP contribution in [-0.4, -0.2) is 44.0 Å². The molecule has 0 saturated carbocycles. The molecule has 2 aromatic rings. The van der Waals surface area contributed by atoms with Gasteiger partial charge < -0.3 is 19.5 Å². The van der Waals surface area contributed by atoms with Gasteiger partial charge in [0.25, 0.3) is 0 Å². The van der Waals surface area contributed by atoms with Gasteiger partial charge in [0.2, 0.25) is 0 Å². The predicted molar refractivity (Wildman–Crippen MR) is 117 cm³/mol. The second-order valence-corrected chi connectivity index (χ2v) is 8.28. The molecule has 0 aliphatic heterocycles. The first kappa shape index (κ1) is 23.7. The van der Waals surface area contributed by atoms with Crippen LogP contribution < -0.4 is 5.32 Å². The Morgan fingerprint density at radius 2 is 1.70 bits per heavy atom. The molecule has 2 atom stereocenters. The summed E-state index contributed by atoms with van der Waals surface area (Å²) >= 11 is 6.07. The third-order valence-electron chi connectivity index (χ3n) is 4.32. The summed E-state index contributed by atoms with van der Waals surface area (Å²) in [6.07, 6.45) is -1.26. The quantitative estimate of drug-likeness (QED) is 0.644. The minimum atomic E-state index is -0.977. The number of rotatable bonds is 7. The number of hydrogen-bond acceptors (Lipinski definition) is 5. The normalized spacial score (nSPS) is 13.3. The third-order valence-corrected chi connectivity index (χ3v) is 4.56. The number of esters is 1. The monoisotopic (exact) mass is 433 g/mol. The van der Waals surface area contributed by atoms with Gasteiger partial charge in [-0.1, -0.05) is 48.0 Å². The number of ether oxygens (including phenoxy) is 3. The number of benzene rings is 2. The van der Waals surface area contributed by atoms with E-state index in [-0.39, 0.29) is 0 Å². The first-order valence-electron chi connectivity index (χ1n) is 9.58. The van der Waals surface area contributed by atoms with Gasteiger partial charge in [-0.05, 0) is 56.0 Å². The van der Waals surface area contributed by atoms with Gasteiger partial charge >= 0.3 is 12.1 Å². The van der Waals surface area contributed by atoms with Crippen molar-refractivity contribution in [1.29, 1.82) is 0 Å². The van der Waals surface area contributed by atoms with Crippen molar-refractivity contribution < 1.29 is 23.8 Å². The van der Waals surface area contributed by atoms with Crippen molar-refractivity contribution in [2.45, 2.75) is 44.9 Å². The Bertz CT molecular complexity index is 861. The lowest BCUT2D eigenvalue weighted by atomic mass is 9.98. The highest BCUT2D eigenvalue weighted by Gasteiger charge is 2.32. The molecule has 0 fully saturated rings. The molecule has 0 radical (unpaired) electrons. The van der Waals surface area contributed by atoms with Gasteiger partial charge in [-0.15, -0.1) is 0 Å². The number of carbonyl (C=O) groups excluding carboxylic acids is 2. The zero-order valence-corrected chi connectivity index (χ0v) is 18.7. The smallest absolute Gasteiger partial charge is 0.407 e. The summed E-state index contributed by atoms with van der Waals surface area (Å²) in [6.45, 7) is 5.30. The molecule has 0 heterocycles. The van der Waals surface area contributed by atoms with Crippen molar-refractivity contribution in [2.75, 3.05) is 14.2 Å². The van der Waals surface area contributed by atoms with Gasteiger partial charge in [-0.3, -0.25) is 0 Å². The highest BCUT2D eigenvalue weighted by Crippen LogP contribution is 2.23. The van der Waals surface area contributed by atoms with Crippen molar-refractivity contribution in [2.24, 2.45) is 0 Å². The van der Waals surface area contributed by atoms with E-state index in [0.29, 0.717) is 11.4 Å². The fourth-order valence-electron chi connectivity index (χ4n) is 2.99. The van der Waals surface area contributed by atoms with Crippen molar-refractivity contribution in [3.05, 3.63) is 59.1 Å². The molecule has 2 unspecified atom stereocenters. The fraction of sp³-hybridized carbons (Fsp3) is 0.391. The summed E-state index contributed by atoms with van der Waals surface area (Å²) in [5, 5.41) is 3.40. The molecule has 2 rings (SSSR count). The minimum absolute atomic E-state index is 0.350. The highest BCUT2D eigenvalue weighted by atomic mass is 35.5. The molecule has 6 nitrogen and oxygen atoms in total. The second kappa shape index (κ2) is 10.5. The summed E-state index contributed by atoms with van der Waals surface area (Å²) in [5.41, 5.74) is 2.25. The highest BCUT2D eigenvalue weighted by molar-refractivity contribution is 6.30. The summed E-state index contributed by atoms with van der Waals surface area (Å²) in [6, 6.07) is 14.7. The molecule has 7 heteroatoms. The minimum Gasteiger partial charge on any atom is -0.467 e. The number of alkyl carbamates (subject to hydrolysis) is 1. The van der Waals surface area contributed by atoms with Crippen LogP contribution in [0.5, 0.6) is 0 Å². The van der Waals surface area contributed by atoms with Crippen LogP contribution >= 0.6 is 11.6 Å². The van der Waals surface area contributed by atoms with E-state index in [2.05, 4.69) is 5.32 Å². The van der Waals surface area contributed by atoms with Crippen molar-refractivity contribution in [1.82, 2.24) is 5.32 Å². The van der Waals surface area contributed by atoms with Crippen LogP contribution in [0.25, 0.3) is 11.1 Å². The first-order valence-corrected chi connectivity index (χ1v) is 9.95. The van der Waals surface area contributed by atoms with Gasteiger partial charge in [0, 0.05) is 12.1 Å². The maximum atomic E-state index is 12.3. The molecule has 162 valence electrons. The van der Waals surface area contributed by atoms with Gasteiger partial charge in [0.15, 0.2) is 6.10 Å². The van der Waals surface area contributed by atoms with E-state index >= 15 is 0 Å². The van der Waals surface area contributed by atoms with Gasteiger partial charge in [-0.25, -0.2) is 9.59 Å². The maximum Gasteiger partial charge on any atom is 0.407 e. The van der Waals surface area contributed by atoms with Crippen LogP contribution in [0.2, 0.25) is 5.02 Å². The van der Waals surface area contributed by atoms with Gasteiger partial charge in [0.05, 0.1) is 13.2 Å². The average molecular weight is 434 g/mol. The lowest BCUT2D eigenvalue weighted by molar-refractivity contribution is -0.154. The maximum absolute atomic E-state index is 12.3. The van der Waals surface area contributed by atoms with Crippen LogP contribution in [0.4, 0.5) is 4.79 Å². The molecular formula is C23H28ClNO5. The van der Waals surface area contributed by atoms with Crippen molar-refractivity contribution >= 4 is 23.7 Å². The lowest BCUT2D eigenvalue weighted by Crippen LogP contribution is -2.50. The van der Waals surface area contributed by atoms with E-state index in [9.17, 15) is 9.59 Å². The Morgan fingerprint density at radius 1 is 1.03 bits per heavy atom. The zero-order chi connectivity index (χ0) is 22.3. The Labute approximate surface area is 182 Å². The molecule has 0 aromatic heterocycles. The van der Waals surface area contributed by atoms with Crippen molar-refractivity contribution in [3.63, 3.8) is 0 Å². The molecule has 0 spiro atoms. The van der Waals surface area contributed by atoms with E-state index in [1.807, 2.05) is 48.5 Å². The summed E-state index contributed by atoms with van der Waals surface area (Å²) in [4.78, 5) is 24.5. The summed E-state index contributed by atoms with van der Waals surface area (Å²) in [5.74, 6) is -0.575. The first-order chi connectivity index (χ1) is 14.1. The fourth-order valence-corrected chi connectivity index (χ4v) is 3.18. The van der Waals surface area contributed by atoms with E-state index in [1.165, 1.54) is 14.2 Å². The van der Waals surface area contributed by atoms with Gasteiger partial charge in [-0.2, -0.15) is 0 Å². The molecule has 30 heavy (non-hydrogen) atoms. The number of amides is 1. The van der Waals surface area contributed by atoms with E-state index in [0.717, 1.165) is 16.7 Å². The molecule has 1 N–H and O–H groups in total. The molecule has 1 amide bonds. The standard InChI is InChI=1S/C23H28ClNO5/c1-23(2,3)30-22(27)25-19(20(28-4)21(26)29-5)13-15-9-11-16(12-10-15)17-7-6-8-18(24)14-17/h6-12,14,19-20H,13H2,1-5H3,(H,25,27). The average Bonchev–Trinajstić information content (AvgIpc) is 2.67. The molecule has 0 saturated heterocycles. The molecule has 0 bridgehead atoms. The number of halogens is 1. The molecule has 0 aliphatic rings. The number of nitrogens with one attached hydrogen (secondary N) is 1. The topological polar surface area (TPSA) is 73.9 Å². The molecule has 0 aliphatic carbocycles. The van der Waals surface area contributed by atoms with Crippen LogP contribution in [-0.2, 0) is 25.4 Å². The number of carbonyl (C=O) groups is 2. The Kier molecular flexibility index (Phi) is 8.26. The Balaban J connectivity index is 2.21. The number of methoxy groups -OCH3 is 2. The summed E-state index contributed by atoms with van der Waals surface area (Å²) in [7, 11) is 2.67. The largest absolute Gasteiger partial charge is 0.467 e. The Hall–Kier alpha value is -2.57. The zero-order valence-electron chi connectivity index (χ0n) is 17.9. The van der Waals surface area contributed by atoms with Crippen LogP contribution in [0.1, 0.15) is 26.3 Å². The Morgan fingerprint density at radius 3 is 2.23 bits per heavy atom. The third kappa shape index (κ3) is 7.04. The van der Waals surface area contributed by atoms with E-state index in [4.69, 9.17) is 25.8 Å². The summed E-state index contributed by atoms with van der Waals surface area (Å²) < 4.78 is 15.5. The van der Waals surface area contributed by atoms with E-state index in [1.54, 1.807) is 20.8 Å². The molecule has 2 aromatic carbocycles. The number of hydrogen-bond donors (Lipinski definition) is 1. The van der Waals surface area contributed by atoms with Gasteiger partial charge in [0.1, 0.15) is 5.60 Å². The predicted octanol–water partition coefficient (Wildman–Crippen LogP) is 4.63. The van der Waals surface area contributed by atoms with Crippen LogP contribution in [0.15, 0.2) is 48.5 Å². The lowest BCUT2D eigenvalue weighted by Gasteiger charge is -2.27. The van der Waals surface area contributed by atoms with E-state index < -0.39 is 29.8 Å². The van der Waals surface area contributed by atoms with Crippen molar-refractivity contribution in [3.8, 4) is 11.1 Å². The van der Waals surface area contributed by atoms with Crippen LogP contribution in [0.3, 0.4) is 0 Å². The molecular weight excluding hydrogens is 406 g/mol. The SMILES string of the molecule is COC(=O)C(OC)C(Cc1ccc(-c2cccc(Cl)c2)cc1)NC(=O)OC(C)(C)C.